The number of carbonyl (C=O) groups is 1. The minimum Gasteiger partial charge on any atom is -0.352 e. The molecule has 4 heterocycles. The molecule has 10 heteroatoms. The molecular weight excluding hydrogens is 406 g/mol. The molecule has 32 heavy (non-hydrogen) atoms. The third-order valence-electron chi connectivity index (χ3n) is 4.96. The molecule has 5 aromatic rings. The zero-order valence-corrected chi connectivity index (χ0v) is 16.9. The molecule has 0 saturated heterocycles. The Labute approximate surface area is 182 Å². The van der Waals surface area contributed by atoms with Crippen molar-refractivity contribution >= 4 is 23.1 Å². The zero-order chi connectivity index (χ0) is 21.8. The molecule has 1 amide bonds. The topological polar surface area (TPSA) is 126 Å². The fourth-order valence-electron chi connectivity index (χ4n) is 3.31. The summed E-state index contributed by atoms with van der Waals surface area (Å²) < 4.78 is 1.70. The fourth-order valence-corrected chi connectivity index (χ4v) is 3.31. The van der Waals surface area contributed by atoms with Crippen molar-refractivity contribution in [1.82, 2.24) is 40.1 Å². The number of rotatable bonds is 7. The molecule has 3 N–H and O–H groups in total. The maximum atomic E-state index is 12.4. The normalized spacial score (nSPS) is 10.9. The third-order valence-corrected chi connectivity index (χ3v) is 4.96. The second kappa shape index (κ2) is 8.64. The Morgan fingerprint density at radius 1 is 1.03 bits per heavy atom. The van der Waals surface area contributed by atoms with Gasteiger partial charge < -0.3 is 10.6 Å². The van der Waals surface area contributed by atoms with E-state index in [9.17, 15) is 4.79 Å². The Morgan fingerprint density at radius 3 is 2.66 bits per heavy atom. The molecule has 0 aliphatic carbocycles. The van der Waals surface area contributed by atoms with Crippen LogP contribution in [-0.2, 0) is 6.42 Å². The lowest BCUT2D eigenvalue weighted by molar-refractivity contribution is 0.0954. The lowest BCUT2D eigenvalue weighted by atomic mass is 10.1. The van der Waals surface area contributed by atoms with Gasteiger partial charge in [0.1, 0.15) is 6.33 Å². The first-order valence-electron chi connectivity index (χ1n) is 10.00. The number of amides is 1. The Hall–Kier alpha value is -4.60. The van der Waals surface area contributed by atoms with Crippen LogP contribution in [0.5, 0.6) is 0 Å². The molecule has 10 nitrogen and oxygen atoms in total. The predicted octanol–water partition coefficient (Wildman–Crippen LogP) is 2.63. The van der Waals surface area contributed by atoms with Gasteiger partial charge in [-0.15, -0.1) is 0 Å². The monoisotopic (exact) mass is 425 g/mol. The van der Waals surface area contributed by atoms with Gasteiger partial charge in [0.05, 0.1) is 18.1 Å². The van der Waals surface area contributed by atoms with Crippen LogP contribution in [0.3, 0.4) is 0 Å². The molecule has 0 aliphatic rings. The molecule has 5 rings (SSSR count). The van der Waals surface area contributed by atoms with Crippen LogP contribution in [0.25, 0.3) is 16.9 Å². The molecule has 0 fully saturated rings. The average Bonchev–Trinajstić information content (AvgIpc) is 3.53. The Morgan fingerprint density at radius 2 is 1.88 bits per heavy atom. The Bertz CT molecular complexity index is 1330. The smallest absolute Gasteiger partial charge is 0.251 e. The van der Waals surface area contributed by atoms with E-state index in [1.54, 1.807) is 47.6 Å². The second-order valence-electron chi connectivity index (χ2n) is 7.04. The van der Waals surface area contributed by atoms with E-state index in [2.05, 4.69) is 40.9 Å². The number of anilines is 2. The largest absolute Gasteiger partial charge is 0.352 e. The van der Waals surface area contributed by atoms with Crippen LogP contribution in [0.1, 0.15) is 15.9 Å². The zero-order valence-electron chi connectivity index (χ0n) is 16.9. The molecule has 0 bridgehead atoms. The highest BCUT2D eigenvalue weighted by Gasteiger charge is 2.13. The summed E-state index contributed by atoms with van der Waals surface area (Å²) in [4.78, 5) is 25.2. The van der Waals surface area contributed by atoms with Crippen molar-refractivity contribution in [2.75, 3.05) is 11.9 Å². The van der Waals surface area contributed by atoms with Crippen LogP contribution in [-0.4, -0.2) is 47.2 Å². The molecule has 0 atom stereocenters. The molecule has 0 saturated carbocycles. The number of benzene rings is 1. The molecule has 0 unspecified atom stereocenters. The molecule has 158 valence electrons. The number of hydrogen-bond donors (Lipinski definition) is 3. The number of fused-ring (bicyclic) bond motifs is 1. The van der Waals surface area contributed by atoms with E-state index in [-0.39, 0.29) is 5.91 Å². The van der Waals surface area contributed by atoms with Crippen LogP contribution in [0.2, 0.25) is 0 Å². The van der Waals surface area contributed by atoms with Gasteiger partial charge >= 0.3 is 0 Å². The van der Waals surface area contributed by atoms with Crippen LogP contribution < -0.4 is 10.6 Å². The molecular formula is C22H19N9O. The van der Waals surface area contributed by atoms with Crippen molar-refractivity contribution in [3.63, 3.8) is 0 Å². The number of carbonyl (C=O) groups excluding carboxylic acids is 1. The number of aromatic nitrogens is 7. The maximum absolute atomic E-state index is 12.4. The summed E-state index contributed by atoms with van der Waals surface area (Å²) in [6, 6.07) is 11.1. The van der Waals surface area contributed by atoms with Crippen molar-refractivity contribution < 1.29 is 4.79 Å². The summed E-state index contributed by atoms with van der Waals surface area (Å²) in [6.45, 7) is 0.556. The van der Waals surface area contributed by atoms with Gasteiger partial charge in [-0.2, -0.15) is 10.2 Å². The molecule has 0 radical (unpaired) electrons. The number of pyridine rings is 1. The number of hydrogen-bond acceptors (Lipinski definition) is 7. The lowest BCUT2D eigenvalue weighted by Crippen LogP contribution is -2.25. The van der Waals surface area contributed by atoms with E-state index in [0.29, 0.717) is 23.6 Å². The van der Waals surface area contributed by atoms with Crippen molar-refractivity contribution in [3.05, 3.63) is 84.8 Å². The van der Waals surface area contributed by atoms with E-state index in [4.69, 9.17) is 0 Å². The van der Waals surface area contributed by atoms with E-state index >= 15 is 0 Å². The minimum absolute atomic E-state index is 0.118. The van der Waals surface area contributed by atoms with Crippen LogP contribution >= 0.6 is 0 Å². The minimum atomic E-state index is -0.118. The molecule has 0 spiro atoms. The highest BCUT2D eigenvalue weighted by molar-refractivity contribution is 5.94. The molecule has 0 aliphatic heterocycles. The standard InChI is InChI=1S/C22H19N9O/c32-22(24-10-7-15-5-8-23-9-6-15)16-1-3-18(4-2-16)30-20-21-26-14-29-31(21)19(13-25-20)17-11-27-28-12-17/h1-6,8-9,11-14H,7,10H2,(H,24,32)(H,25,30)(H,27,28). The van der Waals surface area contributed by atoms with E-state index in [1.807, 2.05) is 24.3 Å². The van der Waals surface area contributed by atoms with Gasteiger partial charge in [0, 0.05) is 41.9 Å². The Balaban J connectivity index is 1.26. The van der Waals surface area contributed by atoms with Crippen molar-refractivity contribution in [2.45, 2.75) is 6.42 Å². The van der Waals surface area contributed by atoms with Crippen LogP contribution in [0, 0.1) is 0 Å². The first kappa shape index (κ1) is 19.4. The van der Waals surface area contributed by atoms with Gasteiger partial charge in [0.2, 0.25) is 0 Å². The number of nitrogens with one attached hydrogen (secondary N) is 3. The van der Waals surface area contributed by atoms with Crippen LogP contribution in [0.15, 0.2) is 73.7 Å². The van der Waals surface area contributed by atoms with Gasteiger partial charge in [0.25, 0.3) is 5.91 Å². The maximum Gasteiger partial charge on any atom is 0.251 e. The summed E-state index contributed by atoms with van der Waals surface area (Å²) in [6.07, 6.45) is 10.9. The Kier molecular flexibility index (Phi) is 5.23. The third kappa shape index (κ3) is 4.01. The van der Waals surface area contributed by atoms with Crippen molar-refractivity contribution in [3.8, 4) is 11.3 Å². The predicted molar refractivity (Wildman–Crippen MR) is 118 cm³/mol. The lowest BCUT2D eigenvalue weighted by Gasteiger charge is -2.10. The summed E-state index contributed by atoms with van der Waals surface area (Å²) in [5.41, 5.74) is 4.72. The average molecular weight is 425 g/mol. The molecule has 1 aromatic carbocycles. The molecule has 4 aromatic heterocycles. The van der Waals surface area contributed by atoms with Gasteiger partial charge in [-0.25, -0.2) is 14.5 Å². The summed E-state index contributed by atoms with van der Waals surface area (Å²) in [5.74, 6) is 0.442. The summed E-state index contributed by atoms with van der Waals surface area (Å²) in [7, 11) is 0. The van der Waals surface area contributed by atoms with E-state index in [0.717, 1.165) is 28.9 Å². The highest BCUT2D eigenvalue weighted by atomic mass is 16.1. The van der Waals surface area contributed by atoms with Gasteiger partial charge in [-0.1, -0.05) is 0 Å². The van der Waals surface area contributed by atoms with Crippen LogP contribution in [0.4, 0.5) is 11.5 Å². The first-order chi connectivity index (χ1) is 15.8. The summed E-state index contributed by atoms with van der Waals surface area (Å²) >= 11 is 0. The second-order valence-corrected chi connectivity index (χ2v) is 7.04. The van der Waals surface area contributed by atoms with Gasteiger partial charge in [-0.3, -0.25) is 14.9 Å². The number of H-pyrrole nitrogens is 1. The van der Waals surface area contributed by atoms with E-state index < -0.39 is 0 Å². The fraction of sp³-hybridized carbons (Fsp3) is 0.0909. The first-order valence-corrected chi connectivity index (χ1v) is 10.00. The SMILES string of the molecule is O=C(NCCc1ccncc1)c1ccc(Nc2ncc(-c3cn[nH]c3)n3ncnc23)cc1. The van der Waals surface area contributed by atoms with E-state index in [1.165, 1.54) is 6.33 Å². The van der Waals surface area contributed by atoms with Crippen molar-refractivity contribution in [1.29, 1.82) is 0 Å². The van der Waals surface area contributed by atoms with Crippen molar-refractivity contribution in [2.24, 2.45) is 0 Å². The quantitative estimate of drug-likeness (QED) is 0.366. The highest BCUT2D eigenvalue weighted by Crippen LogP contribution is 2.23. The number of nitrogens with zero attached hydrogens (tertiary/aromatic N) is 6. The summed E-state index contributed by atoms with van der Waals surface area (Å²) in [5, 5.41) is 17.2. The van der Waals surface area contributed by atoms with Gasteiger partial charge in [0.15, 0.2) is 11.5 Å². The number of aromatic amines is 1. The van der Waals surface area contributed by atoms with Gasteiger partial charge in [-0.05, 0) is 48.4 Å².